The highest BCUT2D eigenvalue weighted by atomic mass is 16.5. The van der Waals surface area contributed by atoms with Gasteiger partial charge in [-0.1, -0.05) is 24.3 Å². The lowest BCUT2D eigenvalue weighted by Crippen LogP contribution is -2.30. The van der Waals surface area contributed by atoms with Gasteiger partial charge in [-0.3, -0.25) is 4.79 Å². The molecule has 3 nitrogen and oxygen atoms in total. The number of likely N-dealkylation sites (N-methyl/N-ethyl adjacent to an activating group) is 1. The average Bonchev–Trinajstić information content (AvgIpc) is 2.46. The Kier molecular flexibility index (Phi) is 4.99. The van der Waals surface area contributed by atoms with Crippen LogP contribution in [0.4, 0.5) is 0 Å². The number of ether oxygens (including phenoxy) is 1. The summed E-state index contributed by atoms with van der Waals surface area (Å²) in [6, 6.07) is 15.4. The van der Waals surface area contributed by atoms with Gasteiger partial charge in [-0.05, 0) is 49.2 Å². The Balaban J connectivity index is 1.87. The molecule has 0 radical (unpaired) electrons. The van der Waals surface area contributed by atoms with Crippen molar-refractivity contribution in [1.29, 1.82) is 0 Å². The van der Waals surface area contributed by atoms with E-state index in [1.165, 1.54) is 11.1 Å². The molecule has 0 N–H and O–H groups in total. The molecule has 0 aromatic heterocycles. The van der Waals surface area contributed by atoms with Crippen LogP contribution in [-0.2, 0) is 0 Å². The molecule has 110 valence electrons. The normalized spacial score (nSPS) is 10.2. The third-order valence-electron chi connectivity index (χ3n) is 3.26. The minimum Gasteiger partial charge on any atom is -0.492 e. The topological polar surface area (TPSA) is 29.5 Å². The Morgan fingerprint density at radius 3 is 2.29 bits per heavy atom. The van der Waals surface area contributed by atoms with Gasteiger partial charge in [0.15, 0.2) is 0 Å². The number of rotatable bonds is 5. The zero-order valence-electron chi connectivity index (χ0n) is 12.8. The second kappa shape index (κ2) is 6.93. The van der Waals surface area contributed by atoms with Gasteiger partial charge in [0.1, 0.15) is 12.4 Å². The molecule has 0 aliphatic carbocycles. The highest BCUT2D eigenvalue weighted by Crippen LogP contribution is 2.16. The number of nitrogens with zero attached hydrogens (tertiary/aromatic N) is 1. The van der Waals surface area contributed by atoms with Crippen molar-refractivity contribution in [2.75, 3.05) is 20.2 Å². The number of carbonyl (C=O) groups is 1. The van der Waals surface area contributed by atoms with E-state index in [0.717, 1.165) is 5.75 Å². The van der Waals surface area contributed by atoms with E-state index >= 15 is 0 Å². The first-order valence-electron chi connectivity index (χ1n) is 7.08. The molecule has 0 aliphatic heterocycles. The Hall–Kier alpha value is -2.29. The standard InChI is InChI=1S/C18H21NO2/c1-14-11-15(2)13-17(12-14)21-10-9-19(3)18(20)16-7-5-4-6-8-16/h4-8,11-13H,9-10H2,1-3H3. The largest absolute Gasteiger partial charge is 0.492 e. The summed E-state index contributed by atoms with van der Waals surface area (Å²) >= 11 is 0. The maximum Gasteiger partial charge on any atom is 0.253 e. The summed E-state index contributed by atoms with van der Waals surface area (Å²) in [6.45, 7) is 5.13. The van der Waals surface area contributed by atoms with Crippen molar-refractivity contribution >= 4 is 5.91 Å². The summed E-state index contributed by atoms with van der Waals surface area (Å²) in [4.78, 5) is 13.8. The first-order valence-corrected chi connectivity index (χ1v) is 7.08. The molecule has 3 heteroatoms. The second-order valence-corrected chi connectivity index (χ2v) is 5.26. The monoisotopic (exact) mass is 283 g/mol. The third-order valence-corrected chi connectivity index (χ3v) is 3.26. The van der Waals surface area contributed by atoms with Crippen LogP contribution in [0.15, 0.2) is 48.5 Å². The number of amides is 1. The minimum atomic E-state index is 0.0135. The summed E-state index contributed by atoms with van der Waals surface area (Å²) in [5.74, 6) is 0.868. The quantitative estimate of drug-likeness (QED) is 0.841. The first-order chi connectivity index (χ1) is 10.1. The van der Waals surface area contributed by atoms with Crippen LogP contribution < -0.4 is 4.74 Å². The van der Waals surface area contributed by atoms with Gasteiger partial charge in [-0.25, -0.2) is 0 Å². The maximum absolute atomic E-state index is 12.2. The second-order valence-electron chi connectivity index (χ2n) is 5.26. The van der Waals surface area contributed by atoms with Gasteiger partial charge in [-0.15, -0.1) is 0 Å². The van der Waals surface area contributed by atoms with Crippen LogP contribution in [-0.4, -0.2) is 31.0 Å². The van der Waals surface area contributed by atoms with E-state index in [9.17, 15) is 4.79 Å². The van der Waals surface area contributed by atoms with Crippen LogP contribution in [0.2, 0.25) is 0 Å². The molecule has 0 saturated heterocycles. The lowest BCUT2D eigenvalue weighted by molar-refractivity contribution is 0.0773. The van der Waals surface area contributed by atoms with Gasteiger partial charge in [0, 0.05) is 12.6 Å². The molecule has 0 unspecified atom stereocenters. The predicted octanol–water partition coefficient (Wildman–Crippen LogP) is 3.45. The van der Waals surface area contributed by atoms with Crippen molar-refractivity contribution < 1.29 is 9.53 Å². The fraction of sp³-hybridized carbons (Fsp3) is 0.278. The molecule has 2 rings (SSSR count). The molecule has 0 saturated carbocycles. The lowest BCUT2D eigenvalue weighted by Gasteiger charge is -2.17. The van der Waals surface area contributed by atoms with Crippen LogP contribution in [0.3, 0.4) is 0 Å². The van der Waals surface area contributed by atoms with Gasteiger partial charge in [0.25, 0.3) is 5.91 Å². The number of hydrogen-bond donors (Lipinski definition) is 0. The Labute approximate surface area is 126 Å². The highest BCUT2D eigenvalue weighted by molar-refractivity contribution is 5.93. The van der Waals surface area contributed by atoms with E-state index in [1.54, 1.807) is 11.9 Å². The number of hydrogen-bond acceptors (Lipinski definition) is 2. The van der Waals surface area contributed by atoms with Crippen molar-refractivity contribution in [2.45, 2.75) is 13.8 Å². The molecule has 0 spiro atoms. The van der Waals surface area contributed by atoms with Gasteiger partial charge in [0.05, 0.1) is 6.54 Å². The van der Waals surface area contributed by atoms with Gasteiger partial charge in [0.2, 0.25) is 0 Å². The maximum atomic E-state index is 12.2. The molecule has 0 bridgehead atoms. The number of benzene rings is 2. The Morgan fingerprint density at radius 1 is 1.05 bits per heavy atom. The Morgan fingerprint density at radius 2 is 1.67 bits per heavy atom. The molecule has 1 amide bonds. The minimum absolute atomic E-state index is 0.0135. The van der Waals surface area contributed by atoms with Gasteiger partial charge < -0.3 is 9.64 Å². The third kappa shape index (κ3) is 4.35. The van der Waals surface area contributed by atoms with Crippen molar-refractivity contribution in [1.82, 2.24) is 4.90 Å². The summed E-state index contributed by atoms with van der Waals surface area (Å²) in [5, 5.41) is 0. The smallest absolute Gasteiger partial charge is 0.253 e. The van der Waals surface area contributed by atoms with Crippen LogP contribution in [0, 0.1) is 13.8 Å². The predicted molar refractivity (Wildman–Crippen MR) is 84.8 cm³/mol. The van der Waals surface area contributed by atoms with E-state index in [2.05, 4.69) is 6.07 Å². The molecule has 0 aliphatic rings. The van der Waals surface area contributed by atoms with Crippen LogP contribution in [0.1, 0.15) is 21.5 Å². The summed E-state index contributed by atoms with van der Waals surface area (Å²) in [6.07, 6.45) is 0. The fourth-order valence-corrected chi connectivity index (χ4v) is 2.22. The van der Waals surface area contributed by atoms with Gasteiger partial charge >= 0.3 is 0 Å². The molecule has 21 heavy (non-hydrogen) atoms. The molecule has 2 aromatic carbocycles. The van der Waals surface area contributed by atoms with E-state index in [4.69, 9.17) is 4.74 Å². The van der Waals surface area contributed by atoms with Crippen molar-refractivity contribution in [2.24, 2.45) is 0 Å². The molecule has 2 aromatic rings. The average molecular weight is 283 g/mol. The summed E-state index contributed by atoms with van der Waals surface area (Å²) in [5.41, 5.74) is 3.06. The first kappa shape index (κ1) is 15.1. The van der Waals surface area contributed by atoms with E-state index in [0.29, 0.717) is 18.7 Å². The zero-order chi connectivity index (χ0) is 15.2. The summed E-state index contributed by atoms with van der Waals surface area (Å²) in [7, 11) is 1.79. The van der Waals surface area contributed by atoms with Crippen molar-refractivity contribution in [3.05, 3.63) is 65.2 Å². The van der Waals surface area contributed by atoms with E-state index in [1.807, 2.05) is 56.3 Å². The molecule has 0 fully saturated rings. The number of aryl methyl sites for hydroxylation is 2. The van der Waals surface area contributed by atoms with E-state index in [-0.39, 0.29) is 5.91 Å². The molecular formula is C18H21NO2. The SMILES string of the molecule is Cc1cc(C)cc(OCCN(C)C(=O)c2ccccc2)c1. The fourth-order valence-electron chi connectivity index (χ4n) is 2.22. The van der Waals surface area contributed by atoms with Crippen molar-refractivity contribution in [3.8, 4) is 5.75 Å². The number of carbonyl (C=O) groups excluding carboxylic acids is 1. The molecule has 0 atom stereocenters. The highest BCUT2D eigenvalue weighted by Gasteiger charge is 2.10. The van der Waals surface area contributed by atoms with E-state index < -0.39 is 0 Å². The Bertz CT molecular complexity index is 588. The van der Waals surface area contributed by atoms with Crippen LogP contribution >= 0.6 is 0 Å². The lowest BCUT2D eigenvalue weighted by atomic mass is 10.1. The van der Waals surface area contributed by atoms with Crippen LogP contribution in [0.5, 0.6) is 5.75 Å². The zero-order valence-corrected chi connectivity index (χ0v) is 12.8. The molecule has 0 heterocycles. The van der Waals surface area contributed by atoms with Gasteiger partial charge in [-0.2, -0.15) is 0 Å². The van der Waals surface area contributed by atoms with Crippen LogP contribution in [0.25, 0.3) is 0 Å². The molecular weight excluding hydrogens is 262 g/mol. The summed E-state index contributed by atoms with van der Waals surface area (Å²) < 4.78 is 5.73. The van der Waals surface area contributed by atoms with Crippen molar-refractivity contribution in [3.63, 3.8) is 0 Å².